The molecule has 0 radical (unpaired) electrons. The number of sulfonamides is 1. The van der Waals surface area contributed by atoms with E-state index in [1.807, 2.05) is 12.1 Å². The van der Waals surface area contributed by atoms with Crippen molar-refractivity contribution in [1.29, 1.82) is 0 Å². The van der Waals surface area contributed by atoms with Gasteiger partial charge in [0.05, 0.1) is 11.9 Å². The van der Waals surface area contributed by atoms with Crippen molar-refractivity contribution in [2.45, 2.75) is 49.6 Å². The minimum absolute atomic E-state index is 0.0165. The Hall–Kier alpha value is -0.620. The molecule has 2 saturated heterocycles. The molecule has 3 rings (SSSR count). The number of piperidine rings is 1. The molecule has 0 aliphatic carbocycles. The molecule has 2 heterocycles. The van der Waals surface area contributed by atoms with Gasteiger partial charge in [-0.25, -0.2) is 8.42 Å². The molecule has 2 aliphatic rings. The highest BCUT2D eigenvalue weighted by Crippen LogP contribution is 2.39. The van der Waals surface area contributed by atoms with E-state index in [4.69, 9.17) is 16.3 Å². The van der Waals surface area contributed by atoms with E-state index >= 15 is 0 Å². The molecule has 0 aromatic heterocycles. The van der Waals surface area contributed by atoms with Crippen molar-refractivity contribution >= 4 is 21.6 Å². The van der Waals surface area contributed by atoms with Gasteiger partial charge >= 0.3 is 0 Å². The fourth-order valence-corrected chi connectivity index (χ4v) is 5.98. The molecule has 2 aliphatic heterocycles. The average Bonchev–Trinajstić information content (AvgIpc) is 2.74. The van der Waals surface area contributed by atoms with E-state index < -0.39 is 10.0 Å². The van der Waals surface area contributed by atoms with Crippen molar-refractivity contribution < 1.29 is 13.2 Å². The molecule has 2 bridgehead atoms. The van der Waals surface area contributed by atoms with Crippen molar-refractivity contribution in [3.63, 3.8) is 0 Å². The summed E-state index contributed by atoms with van der Waals surface area (Å²) in [5.41, 5.74) is 0.674. The zero-order valence-corrected chi connectivity index (χ0v) is 13.6. The summed E-state index contributed by atoms with van der Waals surface area (Å²) >= 11 is 6.10. The van der Waals surface area contributed by atoms with Crippen LogP contribution in [0.15, 0.2) is 24.3 Å². The highest BCUT2D eigenvalue weighted by atomic mass is 35.5. The Morgan fingerprint density at radius 1 is 1.24 bits per heavy atom. The van der Waals surface area contributed by atoms with Crippen LogP contribution in [0, 0.1) is 0 Å². The van der Waals surface area contributed by atoms with Gasteiger partial charge in [0.1, 0.15) is 0 Å². The highest BCUT2D eigenvalue weighted by Gasteiger charge is 2.46. The maximum atomic E-state index is 12.8. The number of ether oxygens (including phenoxy) is 1. The molecule has 1 aromatic carbocycles. The van der Waals surface area contributed by atoms with Gasteiger partial charge in [-0.05, 0) is 37.3 Å². The van der Waals surface area contributed by atoms with Crippen LogP contribution >= 0.6 is 11.6 Å². The lowest BCUT2D eigenvalue weighted by molar-refractivity contribution is 0.0349. The van der Waals surface area contributed by atoms with Crippen molar-refractivity contribution in [2.75, 3.05) is 7.11 Å². The minimum atomic E-state index is -3.33. The van der Waals surface area contributed by atoms with Crippen LogP contribution < -0.4 is 0 Å². The first-order valence-electron chi connectivity index (χ1n) is 7.28. The van der Waals surface area contributed by atoms with E-state index in [9.17, 15) is 8.42 Å². The first-order valence-corrected chi connectivity index (χ1v) is 9.27. The maximum Gasteiger partial charge on any atom is 0.218 e. The number of benzene rings is 1. The highest BCUT2D eigenvalue weighted by molar-refractivity contribution is 7.88. The number of halogens is 1. The molecule has 6 heteroatoms. The van der Waals surface area contributed by atoms with Crippen LogP contribution in [0.2, 0.25) is 5.02 Å². The van der Waals surface area contributed by atoms with E-state index in [1.54, 1.807) is 23.5 Å². The Morgan fingerprint density at radius 3 is 2.43 bits per heavy atom. The van der Waals surface area contributed by atoms with E-state index in [-0.39, 0.29) is 23.9 Å². The second-order valence-corrected chi connectivity index (χ2v) is 8.17. The van der Waals surface area contributed by atoms with E-state index in [2.05, 4.69) is 0 Å². The molecule has 1 aromatic rings. The quantitative estimate of drug-likeness (QED) is 0.853. The van der Waals surface area contributed by atoms with Gasteiger partial charge in [-0.3, -0.25) is 0 Å². The standard InChI is InChI=1S/C15H20ClNO3S/c1-20-14-8-12-6-7-13(9-14)17(12)21(18,19)10-11-4-2-3-5-15(11)16/h2-5,12-14H,6-10H2,1H3. The van der Waals surface area contributed by atoms with E-state index in [1.165, 1.54) is 0 Å². The van der Waals surface area contributed by atoms with Crippen LogP contribution in [0.5, 0.6) is 0 Å². The van der Waals surface area contributed by atoms with Crippen LogP contribution in [0.4, 0.5) is 0 Å². The van der Waals surface area contributed by atoms with Gasteiger partial charge in [-0.2, -0.15) is 4.31 Å². The third-order valence-corrected chi connectivity index (χ3v) is 6.86. The number of fused-ring (bicyclic) bond motifs is 2. The van der Waals surface area contributed by atoms with Gasteiger partial charge in [0.25, 0.3) is 0 Å². The van der Waals surface area contributed by atoms with Crippen molar-refractivity contribution in [3.05, 3.63) is 34.9 Å². The lowest BCUT2D eigenvalue weighted by Crippen LogP contribution is -2.48. The maximum absolute atomic E-state index is 12.8. The number of hydrogen-bond donors (Lipinski definition) is 0. The number of methoxy groups -OCH3 is 1. The SMILES string of the molecule is COC1CC2CCC(C1)N2S(=O)(=O)Cc1ccccc1Cl. The third-order valence-electron chi connectivity index (χ3n) is 4.57. The Labute approximate surface area is 131 Å². The number of rotatable bonds is 4. The van der Waals surface area contributed by atoms with Gasteiger partial charge in [0.15, 0.2) is 0 Å². The zero-order valence-electron chi connectivity index (χ0n) is 12.0. The van der Waals surface area contributed by atoms with Crippen LogP contribution in [0.1, 0.15) is 31.2 Å². The second kappa shape index (κ2) is 5.88. The van der Waals surface area contributed by atoms with Gasteiger partial charge in [-0.1, -0.05) is 29.8 Å². The Bertz CT molecular complexity index is 605. The third kappa shape index (κ3) is 2.97. The molecule has 0 amide bonds. The fraction of sp³-hybridized carbons (Fsp3) is 0.600. The summed E-state index contributed by atoms with van der Waals surface area (Å²) in [5.74, 6) is -0.0165. The molecule has 0 spiro atoms. The first-order chi connectivity index (χ1) is 10.0. The summed E-state index contributed by atoms with van der Waals surface area (Å²) < 4.78 is 32.7. The zero-order chi connectivity index (χ0) is 15.0. The van der Waals surface area contributed by atoms with Crippen LogP contribution in [-0.4, -0.2) is 38.0 Å². The van der Waals surface area contributed by atoms with Gasteiger partial charge in [-0.15, -0.1) is 0 Å². The molecular formula is C15H20ClNO3S. The van der Waals surface area contributed by atoms with Gasteiger partial charge in [0.2, 0.25) is 10.0 Å². The molecule has 2 atom stereocenters. The van der Waals surface area contributed by atoms with Gasteiger partial charge < -0.3 is 4.74 Å². The lowest BCUT2D eigenvalue weighted by atomic mass is 10.0. The molecular weight excluding hydrogens is 310 g/mol. The fourth-order valence-electron chi connectivity index (χ4n) is 3.62. The summed E-state index contributed by atoms with van der Waals surface area (Å²) in [7, 11) is -1.63. The molecule has 0 N–H and O–H groups in total. The van der Waals surface area contributed by atoms with E-state index in [0.29, 0.717) is 10.6 Å². The Kier molecular flexibility index (Phi) is 4.28. The van der Waals surface area contributed by atoms with Crippen molar-refractivity contribution in [2.24, 2.45) is 0 Å². The van der Waals surface area contributed by atoms with Gasteiger partial charge in [0, 0.05) is 24.2 Å². The van der Waals surface area contributed by atoms with E-state index in [0.717, 1.165) is 25.7 Å². The first kappa shape index (κ1) is 15.3. The summed E-state index contributed by atoms with van der Waals surface area (Å²) in [6, 6.07) is 7.32. The summed E-state index contributed by atoms with van der Waals surface area (Å²) in [5, 5.41) is 0.514. The molecule has 2 fully saturated rings. The molecule has 116 valence electrons. The van der Waals surface area contributed by atoms with Crippen molar-refractivity contribution in [1.82, 2.24) is 4.31 Å². The Balaban J connectivity index is 1.82. The smallest absolute Gasteiger partial charge is 0.218 e. The predicted molar refractivity (Wildman–Crippen MR) is 82.8 cm³/mol. The molecule has 4 nitrogen and oxygen atoms in total. The topological polar surface area (TPSA) is 46.6 Å². The monoisotopic (exact) mass is 329 g/mol. The largest absolute Gasteiger partial charge is 0.381 e. The lowest BCUT2D eigenvalue weighted by Gasteiger charge is -2.37. The predicted octanol–water partition coefficient (Wildman–Crippen LogP) is 2.81. The molecule has 0 saturated carbocycles. The molecule has 21 heavy (non-hydrogen) atoms. The summed E-state index contributed by atoms with van der Waals surface area (Å²) in [6.45, 7) is 0. The van der Waals surface area contributed by atoms with Crippen LogP contribution in [0.25, 0.3) is 0 Å². The average molecular weight is 330 g/mol. The van der Waals surface area contributed by atoms with Crippen LogP contribution in [-0.2, 0) is 20.5 Å². The van der Waals surface area contributed by atoms with Crippen molar-refractivity contribution in [3.8, 4) is 0 Å². The number of nitrogens with zero attached hydrogens (tertiary/aromatic N) is 1. The minimum Gasteiger partial charge on any atom is -0.381 e. The second-order valence-electron chi connectivity index (χ2n) is 5.89. The normalized spacial score (nSPS) is 29.7. The van der Waals surface area contributed by atoms with Crippen LogP contribution in [0.3, 0.4) is 0 Å². The number of hydrogen-bond acceptors (Lipinski definition) is 3. The summed E-state index contributed by atoms with van der Waals surface area (Å²) in [4.78, 5) is 0. The Morgan fingerprint density at radius 2 is 1.86 bits per heavy atom. The molecule has 2 unspecified atom stereocenters. The summed E-state index contributed by atoms with van der Waals surface area (Å²) in [6.07, 6.45) is 3.66.